The number of guanidine groups is 1. The molecule has 1 rings (SSSR count). The summed E-state index contributed by atoms with van der Waals surface area (Å²) in [5.74, 6) is 0.584. The first kappa shape index (κ1) is 16.9. The molecule has 0 aliphatic carbocycles. The van der Waals surface area contributed by atoms with Gasteiger partial charge >= 0.3 is 0 Å². The van der Waals surface area contributed by atoms with Gasteiger partial charge in [0.25, 0.3) is 0 Å². The van der Waals surface area contributed by atoms with Gasteiger partial charge in [0, 0.05) is 20.2 Å². The van der Waals surface area contributed by atoms with Crippen LogP contribution in [0.3, 0.4) is 0 Å². The van der Waals surface area contributed by atoms with E-state index in [1.54, 1.807) is 7.11 Å². The summed E-state index contributed by atoms with van der Waals surface area (Å²) in [4.78, 5) is 6.42. The Morgan fingerprint density at radius 3 is 2.76 bits per heavy atom. The average Bonchev–Trinajstić information content (AvgIpc) is 2.26. The summed E-state index contributed by atoms with van der Waals surface area (Å²) in [6, 6.07) is 0. The maximum absolute atomic E-state index is 5.94. The lowest BCUT2D eigenvalue weighted by Crippen LogP contribution is -2.48. The maximum atomic E-state index is 5.94. The lowest BCUT2D eigenvalue weighted by molar-refractivity contribution is 0.00462. The van der Waals surface area contributed by atoms with E-state index in [1.165, 1.54) is 0 Å². The molecule has 0 bridgehead atoms. The van der Waals surface area contributed by atoms with E-state index in [-0.39, 0.29) is 35.7 Å². The minimum atomic E-state index is -0.261. The number of hydrogen-bond donors (Lipinski definition) is 1. The van der Waals surface area contributed by atoms with Gasteiger partial charge in [0.1, 0.15) is 0 Å². The van der Waals surface area contributed by atoms with Gasteiger partial charge in [-0.3, -0.25) is 4.99 Å². The normalized spacial score (nSPS) is 22.2. The summed E-state index contributed by atoms with van der Waals surface area (Å²) in [6.07, 6.45) is 0.220. The van der Waals surface area contributed by atoms with Gasteiger partial charge in [-0.05, 0) is 20.8 Å². The molecular weight excluding hydrogens is 333 g/mol. The summed E-state index contributed by atoms with van der Waals surface area (Å²) in [5, 5.41) is 0. The van der Waals surface area contributed by atoms with Crippen LogP contribution in [0, 0.1) is 0 Å². The Hall–Kier alpha value is -0.0800. The Labute approximate surface area is 121 Å². The zero-order valence-electron chi connectivity index (χ0n) is 11.1. The molecule has 2 N–H and O–H groups in total. The van der Waals surface area contributed by atoms with E-state index in [1.807, 2.05) is 20.8 Å². The molecule has 1 aliphatic rings. The number of morpholine rings is 1. The lowest BCUT2D eigenvalue weighted by Gasteiger charge is -2.32. The second kappa shape index (κ2) is 7.38. The Balaban J connectivity index is 0.00000256. The highest BCUT2D eigenvalue weighted by Gasteiger charge is 2.20. The Bertz CT molecular complexity index is 259. The second-order valence-corrected chi connectivity index (χ2v) is 4.77. The van der Waals surface area contributed by atoms with E-state index in [2.05, 4.69) is 9.89 Å². The average molecular weight is 357 g/mol. The first-order valence-corrected chi connectivity index (χ1v) is 5.66. The van der Waals surface area contributed by atoms with Crippen molar-refractivity contribution in [3.05, 3.63) is 0 Å². The molecule has 0 spiro atoms. The fourth-order valence-corrected chi connectivity index (χ4v) is 1.46. The van der Waals surface area contributed by atoms with Gasteiger partial charge < -0.3 is 20.1 Å². The smallest absolute Gasteiger partial charge is 0.191 e. The van der Waals surface area contributed by atoms with Crippen LogP contribution in [0.2, 0.25) is 0 Å². The maximum Gasteiger partial charge on any atom is 0.191 e. The fourth-order valence-electron chi connectivity index (χ4n) is 1.46. The van der Waals surface area contributed by atoms with E-state index in [0.717, 1.165) is 13.1 Å². The summed E-state index contributed by atoms with van der Waals surface area (Å²) in [5.41, 5.74) is 5.68. The molecule has 1 heterocycles. The number of hydrogen-bond acceptors (Lipinski definition) is 3. The molecule has 0 aromatic carbocycles. The van der Waals surface area contributed by atoms with Crippen LogP contribution in [-0.4, -0.2) is 55.9 Å². The van der Waals surface area contributed by atoms with Crippen LogP contribution in [0.4, 0.5) is 0 Å². The minimum Gasteiger partial charge on any atom is -0.377 e. The van der Waals surface area contributed by atoms with Crippen LogP contribution in [0.15, 0.2) is 4.99 Å². The highest BCUT2D eigenvalue weighted by molar-refractivity contribution is 14.0. The van der Waals surface area contributed by atoms with Crippen LogP contribution < -0.4 is 5.73 Å². The number of rotatable bonds is 3. The molecule has 17 heavy (non-hydrogen) atoms. The molecule has 0 amide bonds. The number of ether oxygens (including phenoxy) is 2. The van der Waals surface area contributed by atoms with Crippen molar-refractivity contribution >= 4 is 29.9 Å². The molecule has 1 saturated heterocycles. The minimum absolute atomic E-state index is 0. The highest BCUT2D eigenvalue weighted by atomic mass is 127. The number of halogens is 1. The predicted octanol–water partition coefficient (Wildman–Crippen LogP) is 1.06. The molecule has 5 nitrogen and oxygen atoms in total. The van der Waals surface area contributed by atoms with Crippen molar-refractivity contribution in [2.45, 2.75) is 32.5 Å². The summed E-state index contributed by atoms with van der Waals surface area (Å²) in [6.45, 7) is 8.93. The second-order valence-electron chi connectivity index (χ2n) is 4.77. The molecule has 1 atom stereocenters. The zero-order chi connectivity index (χ0) is 12.2. The van der Waals surface area contributed by atoms with Gasteiger partial charge in [-0.15, -0.1) is 24.0 Å². The quantitative estimate of drug-likeness (QED) is 0.466. The third kappa shape index (κ3) is 5.87. The van der Waals surface area contributed by atoms with Gasteiger partial charge in [0.15, 0.2) is 5.96 Å². The molecule has 6 heteroatoms. The summed E-state index contributed by atoms with van der Waals surface area (Å²) >= 11 is 0. The van der Waals surface area contributed by atoms with E-state index in [9.17, 15) is 0 Å². The SMILES string of the molecule is COC(C)(C)CN=C(N)N1CCOC(C)C1.I. The van der Waals surface area contributed by atoms with E-state index < -0.39 is 0 Å². The molecule has 1 aliphatic heterocycles. The lowest BCUT2D eigenvalue weighted by atomic mass is 10.1. The molecule has 102 valence electrons. The molecule has 1 unspecified atom stereocenters. The Morgan fingerprint density at radius 2 is 2.24 bits per heavy atom. The standard InChI is InChI=1S/C11H23N3O2.HI/c1-9-7-14(5-6-16-9)10(12)13-8-11(2,3)15-4;/h9H,5-8H2,1-4H3,(H2,12,13);1H. The first-order valence-electron chi connectivity index (χ1n) is 5.66. The molecular formula is C11H24IN3O2. The first-order chi connectivity index (χ1) is 7.44. The number of aliphatic imine (C=N–C) groups is 1. The molecule has 0 saturated carbocycles. The van der Waals surface area contributed by atoms with Crippen molar-refractivity contribution in [3.63, 3.8) is 0 Å². The number of nitrogens with two attached hydrogens (primary N) is 1. The summed E-state index contributed by atoms with van der Waals surface area (Å²) in [7, 11) is 1.68. The van der Waals surface area contributed by atoms with Crippen molar-refractivity contribution in [1.82, 2.24) is 4.90 Å². The van der Waals surface area contributed by atoms with Crippen LogP contribution >= 0.6 is 24.0 Å². The van der Waals surface area contributed by atoms with Gasteiger partial charge in [0.2, 0.25) is 0 Å². The van der Waals surface area contributed by atoms with Gasteiger partial charge in [0.05, 0.1) is 24.9 Å². The largest absolute Gasteiger partial charge is 0.377 e. The fraction of sp³-hybridized carbons (Fsp3) is 0.909. The molecule has 1 fully saturated rings. The summed E-state index contributed by atoms with van der Waals surface area (Å²) < 4.78 is 10.7. The third-order valence-corrected chi connectivity index (χ3v) is 2.74. The van der Waals surface area contributed by atoms with Gasteiger partial charge in [-0.1, -0.05) is 0 Å². The Morgan fingerprint density at radius 1 is 1.59 bits per heavy atom. The van der Waals surface area contributed by atoms with Crippen molar-refractivity contribution in [3.8, 4) is 0 Å². The molecule has 0 aromatic rings. The number of nitrogens with zero attached hydrogens (tertiary/aromatic N) is 2. The van der Waals surface area contributed by atoms with Gasteiger partial charge in [-0.2, -0.15) is 0 Å². The van der Waals surface area contributed by atoms with Crippen molar-refractivity contribution < 1.29 is 9.47 Å². The third-order valence-electron chi connectivity index (χ3n) is 2.74. The highest BCUT2D eigenvalue weighted by Crippen LogP contribution is 2.08. The predicted molar refractivity (Wildman–Crippen MR) is 80.0 cm³/mol. The topological polar surface area (TPSA) is 60.1 Å². The van der Waals surface area contributed by atoms with Crippen LogP contribution in [-0.2, 0) is 9.47 Å². The van der Waals surface area contributed by atoms with Crippen LogP contribution in [0.25, 0.3) is 0 Å². The van der Waals surface area contributed by atoms with E-state index in [4.69, 9.17) is 15.2 Å². The molecule has 0 aromatic heterocycles. The van der Waals surface area contributed by atoms with E-state index in [0.29, 0.717) is 19.1 Å². The van der Waals surface area contributed by atoms with Crippen molar-refractivity contribution in [2.75, 3.05) is 33.4 Å². The van der Waals surface area contributed by atoms with Gasteiger partial charge in [-0.25, -0.2) is 0 Å². The van der Waals surface area contributed by atoms with Crippen molar-refractivity contribution in [1.29, 1.82) is 0 Å². The zero-order valence-corrected chi connectivity index (χ0v) is 13.4. The van der Waals surface area contributed by atoms with E-state index >= 15 is 0 Å². The number of methoxy groups -OCH3 is 1. The van der Waals surface area contributed by atoms with Crippen LogP contribution in [0.1, 0.15) is 20.8 Å². The van der Waals surface area contributed by atoms with Crippen LogP contribution in [0.5, 0.6) is 0 Å². The Kier molecular flexibility index (Phi) is 7.34. The molecule has 0 radical (unpaired) electrons. The monoisotopic (exact) mass is 357 g/mol. The van der Waals surface area contributed by atoms with Crippen molar-refractivity contribution in [2.24, 2.45) is 10.7 Å².